The third-order valence-electron chi connectivity index (χ3n) is 4.80. The first-order chi connectivity index (χ1) is 10.2. The van der Waals surface area contributed by atoms with Crippen LogP contribution in [0.1, 0.15) is 49.4 Å². The fraction of sp³-hybridized carbons (Fsp3) is 0.647. The molecule has 4 nitrogen and oxygen atoms in total. The van der Waals surface area contributed by atoms with E-state index >= 15 is 0 Å². The van der Waals surface area contributed by atoms with Crippen molar-refractivity contribution in [1.29, 1.82) is 5.26 Å². The van der Waals surface area contributed by atoms with E-state index < -0.39 is 0 Å². The minimum absolute atomic E-state index is 0.460. The molecule has 112 valence electrons. The first-order valence-electron chi connectivity index (χ1n) is 8.07. The van der Waals surface area contributed by atoms with Crippen molar-refractivity contribution in [3.8, 4) is 6.07 Å². The van der Waals surface area contributed by atoms with Crippen molar-refractivity contribution >= 4 is 5.82 Å². The Bertz CT molecular complexity index is 557. The highest BCUT2D eigenvalue weighted by Crippen LogP contribution is 2.27. The van der Waals surface area contributed by atoms with Crippen molar-refractivity contribution in [2.45, 2.75) is 57.5 Å². The van der Waals surface area contributed by atoms with Crippen LogP contribution in [-0.4, -0.2) is 35.6 Å². The predicted molar refractivity (Wildman–Crippen MR) is 84.3 cm³/mol. The Morgan fingerprint density at radius 2 is 2.19 bits per heavy atom. The minimum Gasteiger partial charge on any atom is -0.367 e. The molecular weight excluding hydrogens is 260 g/mol. The van der Waals surface area contributed by atoms with E-state index in [-0.39, 0.29) is 0 Å². The summed E-state index contributed by atoms with van der Waals surface area (Å²) in [5.41, 5.74) is 3.15. The van der Waals surface area contributed by atoms with Crippen LogP contribution in [-0.2, 0) is 12.8 Å². The number of likely N-dealkylation sites (N-methyl/N-ethyl adjacent to an activating group) is 1. The van der Waals surface area contributed by atoms with E-state index in [0.29, 0.717) is 11.6 Å². The second-order valence-corrected chi connectivity index (χ2v) is 6.44. The molecule has 4 heteroatoms. The average Bonchev–Trinajstić information content (AvgIpc) is 3.35. The number of hydrogen-bond donors (Lipinski definition) is 1. The Morgan fingerprint density at radius 3 is 2.90 bits per heavy atom. The van der Waals surface area contributed by atoms with Gasteiger partial charge in [0.1, 0.15) is 11.9 Å². The van der Waals surface area contributed by atoms with Gasteiger partial charge in [-0.1, -0.05) is 0 Å². The average molecular weight is 284 g/mol. The van der Waals surface area contributed by atoms with Crippen LogP contribution in [0.25, 0.3) is 0 Å². The zero-order valence-corrected chi connectivity index (χ0v) is 13.0. The molecule has 21 heavy (non-hydrogen) atoms. The molecule has 2 aliphatic rings. The summed E-state index contributed by atoms with van der Waals surface area (Å²) in [6, 6.07) is 5.55. The molecule has 1 aromatic rings. The van der Waals surface area contributed by atoms with Crippen LogP contribution < -0.4 is 5.32 Å². The number of nitrogens with one attached hydrogen (secondary N) is 1. The van der Waals surface area contributed by atoms with Gasteiger partial charge < -0.3 is 5.32 Å². The molecule has 0 saturated heterocycles. The highest BCUT2D eigenvalue weighted by molar-refractivity contribution is 5.54. The number of rotatable bonds is 5. The van der Waals surface area contributed by atoms with Gasteiger partial charge in [-0.2, -0.15) is 5.26 Å². The van der Waals surface area contributed by atoms with Crippen molar-refractivity contribution in [1.82, 2.24) is 9.88 Å². The summed E-state index contributed by atoms with van der Waals surface area (Å²) in [5.74, 6) is 0.772. The van der Waals surface area contributed by atoms with E-state index in [1.807, 2.05) is 6.07 Å². The zero-order valence-electron chi connectivity index (χ0n) is 13.0. The number of anilines is 1. The van der Waals surface area contributed by atoms with Gasteiger partial charge in [0.05, 0.1) is 5.56 Å². The van der Waals surface area contributed by atoms with Crippen molar-refractivity contribution in [2.24, 2.45) is 0 Å². The molecule has 1 unspecified atom stereocenters. The van der Waals surface area contributed by atoms with Gasteiger partial charge in [0.15, 0.2) is 0 Å². The number of pyridine rings is 1. The maximum atomic E-state index is 9.35. The fourth-order valence-electron chi connectivity index (χ4n) is 3.08. The van der Waals surface area contributed by atoms with Crippen LogP contribution >= 0.6 is 0 Å². The molecule has 1 aromatic heterocycles. The monoisotopic (exact) mass is 284 g/mol. The number of nitrogens with zero attached hydrogens (tertiary/aromatic N) is 3. The lowest BCUT2D eigenvalue weighted by molar-refractivity contribution is 0.257. The van der Waals surface area contributed by atoms with Gasteiger partial charge in [-0.3, -0.25) is 4.90 Å². The third kappa shape index (κ3) is 3.19. The molecule has 1 saturated carbocycles. The van der Waals surface area contributed by atoms with Gasteiger partial charge in [0.25, 0.3) is 0 Å². The highest BCUT2D eigenvalue weighted by atomic mass is 15.2. The lowest BCUT2D eigenvalue weighted by Crippen LogP contribution is -2.36. The van der Waals surface area contributed by atoms with Crippen LogP contribution in [0.5, 0.6) is 0 Å². The summed E-state index contributed by atoms with van der Waals surface area (Å²) in [6.45, 7) is 3.07. The van der Waals surface area contributed by atoms with Crippen LogP contribution in [0.3, 0.4) is 0 Å². The Morgan fingerprint density at radius 1 is 1.43 bits per heavy atom. The first kappa shape index (κ1) is 14.3. The predicted octanol–water partition coefficient (Wildman–Crippen LogP) is 2.73. The molecule has 0 aromatic carbocycles. The molecule has 1 atom stereocenters. The standard InChI is InChI=1S/C17H24N4/c1-12(21(2)15-7-8-15)11-19-17-14(10-18)9-13-5-3-4-6-16(13)20-17/h9,12,15H,3-8,11H2,1-2H3,(H,19,20). The molecule has 0 aliphatic heterocycles. The molecular formula is C17H24N4. The Kier molecular flexibility index (Phi) is 4.12. The summed E-state index contributed by atoms with van der Waals surface area (Å²) in [4.78, 5) is 7.15. The lowest BCUT2D eigenvalue weighted by Gasteiger charge is -2.25. The van der Waals surface area contributed by atoms with E-state index in [4.69, 9.17) is 4.98 Å². The smallest absolute Gasteiger partial charge is 0.144 e. The van der Waals surface area contributed by atoms with Crippen LogP contribution in [0, 0.1) is 11.3 Å². The first-order valence-corrected chi connectivity index (χ1v) is 8.07. The molecule has 0 amide bonds. The maximum absolute atomic E-state index is 9.35. The van der Waals surface area contributed by atoms with E-state index in [0.717, 1.165) is 31.2 Å². The topological polar surface area (TPSA) is 52.0 Å². The van der Waals surface area contributed by atoms with E-state index in [9.17, 15) is 5.26 Å². The summed E-state index contributed by atoms with van der Waals surface area (Å²) in [7, 11) is 2.19. The van der Waals surface area contributed by atoms with Crippen LogP contribution in [0.15, 0.2) is 6.07 Å². The number of hydrogen-bond acceptors (Lipinski definition) is 4. The van der Waals surface area contributed by atoms with E-state index in [2.05, 4.69) is 30.3 Å². The fourth-order valence-corrected chi connectivity index (χ4v) is 3.08. The largest absolute Gasteiger partial charge is 0.367 e. The second kappa shape index (κ2) is 6.03. The molecule has 2 aliphatic carbocycles. The number of aryl methyl sites for hydroxylation is 2. The van der Waals surface area contributed by atoms with Gasteiger partial charge in [0.2, 0.25) is 0 Å². The SMILES string of the molecule is CC(CNc1nc2c(cc1C#N)CCCC2)N(C)C1CC1. The Hall–Kier alpha value is -1.60. The maximum Gasteiger partial charge on any atom is 0.144 e. The van der Waals surface area contributed by atoms with E-state index in [1.165, 1.54) is 36.9 Å². The van der Waals surface area contributed by atoms with Crippen molar-refractivity contribution in [2.75, 3.05) is 18.9 Å². The van der Waals surface area contributed by atoms with Gasteiger partial charge in [-0.25, -0.2) is 4.98 Å². The van der Waals surface area contributed by atoms with Crippen LogP contribution in [0.2, 0.25) is 0 Å². The lowest BCUT2D eigenvalue weighted by atomic mass is 9.95. The summed E-state index contributed by atoms with van der Waals surface area (Å²) in [5, 5.41) is 12.8. The molecule has 3 rings (SSSR count). The zero-order chi connectivity index (χ0) is 14.8. The number of nitriles is 1. The molecule has 0 bridgehead atoms. The quantitative estimate of drug-likeness (QED) is 0.903. The molecule has 1 fully saturated rings. The van der Waals surface area contributed by atoms with Gasteiger partial charge >= 0.3 is 0 Å². The normalized spacial score (nSPS) is 19.0. The number of aromatic nitrogens is 1. The molecule has 0 radical (unpaired) electrons. The summed E-state index contributed by atoms with van der Waals surface area (Å²) in [6.07, 6.45) is 7.19. The van der Waals surface area contributed by atoms with Gasteiger partial charge in [-0.05, 0) is 64.1 Å². The Labute approximate surface area is 127 Å². The van der Waals surface area contributed by atoms with Crippen molar-refractivity contribution < 1.29 is 0 Å². The summed E-state index contributed by atoms with van der Waals surface area (Å²) < 4.78 is 0. The highest BCUT2D eigenvalue weighted by Gasteiger charge is 2.29. The van der Waals surface area contributed by atoms with E-state index in [1.54, 1.807) is 0 Å². The Balaban J connectivity index is 1.70. The van der Waals surface area contributed by atoms with Crippen LogP contribution in [0.4, 0.5) is 5.82 Å². The number of fused-ring (bicyclic) bond motifs is 1. The molecule has 1 heterocycles. The molecule has 1 N–H and O–H groups in total. The molecule has 0 spiro atoms. The van der Waals surface area contributed by atoms with Crippen molar-refractivity contribution in [3.63, 3.8) is 0 Å². The van der Waals surface area contributed by atoms with Gasteiger partial charge in [-0.15, -0.1) is 0 Å². The third-order valence-corrected chi connectivity index (χ3v) is 4.80. The van der Waals surface area contributed by atoms with Crippen molar-refractivity contribution in [3.05, 3.63) is 22.9 Å². The summed E-state index contributed by atoms with van der Waals surface area (Å²) >= 11 is 0. The second-order valence-electron chi connectivity index (χ2n) is 6.44. The minimum atomic E-state index is 0.460. The van der Waals surface area contributed by atoms with Gasteiger partial charge in [0, 0.05) is 24.3 Å².